The molecule has 5 heteroatoms. The Morgan fingerprint density at radius 2 is 1.76 bits per heavy atom. The fourth-order valence-corrected chi connectivity index (χ4v) is 2.05. The molecule has 0 aliphatic heterocycles. The van der Waals surface area contributed by atoms with E-state index in [4.69, 9.17) is 4.42 Å². The Bertz CT molecular complexity index is 896. The van der Waals surface area contributed by atoms with E-state index in [1.54, 1.807) is 36.4 Å². The van der Waals surface area contributed by atoms with Crippen molar-refractivity contribution in [2.45, 2.75) is 0 Å². The molecule has 0 aliphatic rings. The third-order valence-electron chi connectivity index (χ3n) is 3.03. The van der Waals surface area contributed by atoms with Crippen LogP contribution in [0, 0.1) is 0 Å². The molecule has 5 nitrogen and oxygen atoms in total. The summed E-state index contributed by atoms with van der Waals surface area (Å²) >= 11 is 0. The van der Waals surface area contributed by atoms with Gasteiger partial charge in [-0.3, -0.25) is 4.99 Å². The number of benzene rings is 2. The van der Waals surface area contributed by atoms with E-state index in [-0.39, 0.29) is 5.75 Å². The average Bonchev–Trinajstić information content (AvgIpc) is 2.47. The fourth-order valence-electron chi connectivity index (χ4n) is 2.05. The van der Waals surface area contributed by atoms with Crippen LogP contribution < -0.4 is 5.63 Å². The minimum atomic E-state index is -0.599. The largest absolute Gasteiger partial charge is 0.508 e. The summed E-state index contributed by atoms with van der Waals surface area (Å²) in [7, 11) is 0. The molecule has 0 radical (unpaired) electrons. The number of nitrogens with zero attached hydrogens (tertiary/aromatic N) is 1. The number of aliphatic imine (C=N–C) groups is 1. The fraction of sp³-hybridized carbons (Fsp3) is 0. The van der Waals surface area contributed by atoms with Gasteiger partial charge in [-0.05, 0) is 18.2 Å². The van der Waals surface area contributed by atoms with E-state index >= 15 is 0 Å². The summed E-state index contributed by atoms with van der Waals surface area (Å²) in [6.45, 7) is 0. The quantitative estimate of drug-likeness (QED) is 0.707. The van der Waals surface area contributed by atoms with Crippen molar-refractivity contribution in [3.05, 3.63) is 64.5 Å². The molecule has 0 atom stereocenters. The van der Waals surface area contributed by atoms with Crippen LogP contribution in [-0.2, 0) is 0 Å². The average molecular weight is 281 g/mol. The summed E-state index contributed by atoms with van der Waals surface area (Å²) in [5.74, 6) is -0.388. The minimum absolute atomic E-state index is 0.0957. The third-order valence-corrected chi connectivity index (χ3v) is 3.03. The number of hydrogen-bond donors (Lipinski definition) is 2. The highest BCUT2D eigenvalue weighted by Crippen LogP contribution is 2.24. The molecule has 0 saturated heterocycles. The lowest BCUT2D eigenvalue weighted by Crippen LogP contribution is -2.01. The van der Waals surface area contributed by atoms with Crippen molar-refractivity contribution in [3.8, 4) is 11.7 Å². The Labute approximate surface area is 119 Å². The highest BCUT2D eigenvalue weighted by molar-refractivity contribution is 6.01. The van der Waals surface area contributed by atoms with E-state index < -0.39 is 11.6 Å². The molecule has 21 heavy (non-hydrogen) atoms. The molecule has 0 aliphatic carbocycles. The Hall–Kier alpha value is -3.08. The van der Waals surface area contributed by atoms with Gasteiger partial charge in [0, 0.05) is 17.7 Å². The standard InChI is InChI=1S/C16H11NO4/c18-11-5-3-4-10(8-11)17-9-14-12-6-1-2-7-13(12)15(19)21-16(14)20/h1-9,18,20H. The highest BCUT2D eigenvalue weighted by Gasteiger charge is 2.10. The molecule has 0 unspecified atom stereocenters. The molecular weight excluding hydrogens is 270 g/mol. The van der Waals surface area contributed by atoms with Crippen molar-refractivity contribution in [1.29, 1.82) is 0 Å². The predicted molar refractivity (Wildman–Crippen MR) is 79.5 cm³/mol. The molecule has 3 aromatic rings. The van der Waals surface area contributed by atoms with Crippen LogP contribution in [-0.4, -0.2) is 16.4 Å². The number of fused-ring (bicyclic) bond motifs is 1. The molecular formula is C16H11NO4. The third kappa shape index (κ3) is 2.49. The first-order valence-electron chi connectivity index (χ1n) is 6.23. The van der Waals surface area contributed by atoms with Gasteiger partial charge in [0.05, 0.1) is 16.6 Å². The molecule has 1 heterocycles. The van der Waals surface area contributed by atoms with Gasteiger partial charge in [0.2, 0.25) is 0 Å². The van der Waals surface area contributed by atoms with Gasteiger partial charge in [-0.25, -0.2) is 4.79 Å². The van der Waals surface area contributed by atoms with Crippen molar-refractivity contribution < 1.29 is 14.6 Å². The van der Waals surface area contributed by atoms with Crippen LogP contribution in [0.5, 0.6) is 11.7 Å². The predicted octanol–water partition coefficient (Wildman–Crippen LogP) is 2.95. The number of hydrogen-bond acceptors (Lipinski definition) is 5. The van der Waals surface area contributed by atoms with Crippen LogP contribution >= 0.6 is 0 Å². The molecule has 3 rings (SSSR count). The van der Waals surface area contributed by atoms with Gasteiger partial charge >= 0.3 is 5.63 Å². The van der Waals surface area contributed by atoms with Crippen LogP contribution in [0.3, 0.4) is 0 Å². The van der Waals surface area contributed by atoms with E-state index in [9.17, 15) is 15.0 Å². The molecule has 0 fully saturated rings. The Kier molecular flexibility index (Phi) is 3.16. The van der Waals surface area contributed by atoms with Crippen LogP contribution in [0.2, 0.25) is 0 Å². The maximum Gasteiger partial charge on any atom is 0.346 e. The van der Waals surface area contributed by atoms with Gasteiger partial charge in [0.25, 0.3) is 5.95 Å². The second-order valence-electron chi connectivity index (χ2n) is 4.43. The van der Waals surface area contributed by atoms with Crippen LogP contribution in [0.1, 0.15) is 5.56 Å². The Morgan fingerprint density at radius 3 is 2.52 bits per heavy atom. The van der Waals surface area contributed by atoms with Crippen molar-refractivity contribution in [1.82, 2.24) is 0 Å². The van der Waals surface area contributed by atoms with E-state index in [1.807, 2.05) is 0 Å². The lowest BCUT2D eigenvalue weighted by Gasteiger charge is -2.02. The Morgan fingerprint density at radius 1 is 1.00 bits per heavy atom. The monoisotopic (exact) mass is 281 g/mol. The van der Waals surface area contributed by atoms with Crippen LogP contribution in [0.4, 0.5) is 5.69 Å². The zero-order chi connectivity index (χ0) is 14.8. The molecule has 0 saturated carbocycles. The van der Waals surface area contributed by atoms with Gasteiger partial charge in [0.1, 0.15) is 5.75 Å². The van der Waals surface area contributed by atoms with E-state index in [0.29, 0.717) is 22.0 Å². The molecule has 104 valence electrons. The SMILES string of the molecule is O=c1oc(O)c(C=Nc2cccc(O)c2)c2ccccc12. The molecule has 0 amide bonds. The second-order valence-corrected chi connectivity index (χ2v) is 4.43. The summed E-state index contributed by atoms with van der Waals surface area (Å²) in [4.78, 5) is 15.8. The van der Waals surface area contributed by atoms with Crippen molar-refractivity contribution in [3.63, 3.8) is 0 Å². The molecule has 1 aromatic heterocycles. The summed E-state index contributed by atoms with van der Waals surface area (Å²) in [5, 5.41) is 20.1. The van der Waals surface area contributed by atoms with E-state index in [2.05, 4.69) is 4.99 Å². The highest BCUT2D eigenvalue weighted by atomic mass is 16.5. The van der Waals surface area contributed by atoms with Crippen LogP contribution in [0.25, 0.3) is 10.8 Å². The first-order chi connectivity index (χ1) is 10.1. The summed E-state index contributed by atoms with van der Waals surface area (Å²) < 4.78 is 4.79. The smallest absolute Gasteiger partial charge is 0.346 e. The number of phenolic OH excluding ortho intramolecular Hbond substituents is 1. The first-order valence-corrected chi connectivity index (χ1v) is 6.23. The van der Waals surface area contributed by atoms with Crippen LogP contribution in [0.15, 0.2) is 62.7 Å². The van der Waals surface area contributed by atoms with Gasteiger partial charge in [-0.15, -0.1) is 0 Å². The number of rotatable bonds is 2. The molecule has 2 N–H and O–H groups in total. The number of phenols is 1. The lowest BCUT2D eigenvalue weighted by molar-refractivity contribution is 0.312. The van der Waals surface area contributed by atoms with Gasteiger partial charge < -0.3 is 14.6 Å². The topological polar surface area (TPSA) is 83.0 Å². The minimum Gasteiger partial charge on any atom is -0.508 e. The summed E-state index contributed by atoms with van der Waals surface area (Å²) in [6.07, 6.45) is 1.40. The van der Waals surface area contributed by atoms with E-state index in [1.165, 1.54) is 18.3 Å². The zero-order valence-corrected chi connectivity index (χ0v) is 10.9. The lowest BCUT2D eigenvalue weighted by atomic mass is 10.1. The molecule has 2 aromatic carbocycles. The van der Waals surface area contributed by atoms with Gasteiger partial charge in [-0.2, -0.15) is 0 Å². The zero-order valence-electron chi connectivity index (χ0n) is 10.9. The molecule has 0 spiro atoms. The van der Waals surface area contributed by atoms with Crippen molar-refractivity contribution >= 4 is 22.7 Å². The van der Waals surface area contributed by atoms with Gasteiger partial charge in [0.15, 0.2) is 0 Å². The van der Waals surface area contributed by atoms with Crippen molar-refractivity contribution in [2.24, 2.45) is 4.99 Å². The van der Waals surface area contributed by atoms with E-state index in [0.717, 1.165) is 0 Å². The summed E-state index contributed by atoms with van der Waals surface area (Å²) in [6, 6.07) is 13.2. The first kappa shape index (κ1) is 12.9. The second kappa shape index (κ2) is 5.13. The Balaban J connectivity index is 2.15. The number of aromatic hydroxyl groups is 2. The molecule has 0 bridgehead atoms. The normalized spacial score (nSPS) is 11.2. The maximum absolute atomic E-state index is 11.7. The van der Waals surface area contributed by atoms with Gasteiger partial charge in [-0.1, -0.05) is 24.3 Å². The maximum atomic E-state index is 11.7. The summed E-state index contributed by atoms with van der Waals surface area (Å²) in [5.41, 5.74) is 0.232. The van der Waals surface area contributed by atoms with Crippen molar-refractivity contribution in [2.75, 3.05) is 0 Å².